The number of hydrogen-bond acceptors (Lipinski definition) is 4. The molecular formula is C24H21NO4. The molecule has 0 saturated heterocycles. The van der Waals surface area contributed by atoms with Gasteiger partial charge in [0, 0.05) is 5.56 Å². The molecule has 1 amide bonds. The smallest absolute Gasteiger partial charge is 0.264 e. The maximum absolute atomic E-state index is 13.2. The summed E-state index contributed by atoms with van der Waals surface area (Å²) < 4.78 is 5.17. The number of carbonyl (C=O) groups excluding carboxylic acids is 2. The fourth-order valence-electron chi connectivity index (χ4n) is 3.58. The van der Waals surface area contributed by atoms with Crippen molar-refractivity contribution in [3.63, 3.8) is 0 Å². The number of rotatable bonds is 6. The molecule has 1 N–H and O–H groups in total. The average Bonchev–Trinajstić information content (AvgIpc) is 3.31. The van der Waals surface area contributed by atoms with Crippen LogP contribution in [-0.2, 0) is 21.7 Å². The molecule has 0 saturated carbocycles. The van der Waals surface area contributed by atoms with Crippen LogP contribution in [0.1, 0.15) is 28.9 Å². The second kappa shape index (κ2) is 7.53. The van der Waals surface area contributed by atoms with E-state index in [4.69, 9.17) is 4.42 Å². The van der Waals surface area contributed by atoms with Crippen molar-refractivity contribution in [1.82, 2.24) is 0 Å². The van der Waals surface area contributed by atoms with Crippen LogP contribution in [0.25, 0.3) is 6.08 Å². The highest BCUT2D eigenvalue weighted by Crippen LogP contribution is 2.43. The number of hydrogen-bond donors (Lipinski definition) is 1. The number of fused-ring (bicyclic) bond motifs is 1. The Kier molecular flexibility index (Phi) is 4.91. The van der Waals surface area contributed by atoms with Gasteiger partial charge in [0.1, 0.15) is 5.76 Å². The maximum Gasteiger partial charge on any atom is 0.264 e. The first kappa shape index (κ1) is 18.9. The Morgan fingerprint density at radius 2 is 1.86 bits per heavy atom. The summed E-state index contributed by atoms with van der Waals surface area (Å²) in [6.07, 6.45) is 4.04. The molecule has 0 bridgehead atoms. The van der Waals surface area contributed by atoms with Gasteiger partial charge in [0.25, 0.3) is 5.91 Å². The number of aliphatic hydroxyl groups is 1. The van der Waals surface area contributed by atoms with Gasteiger partial charge in [-0.15, -0.1) is 0 Å². The summed E-state index contributed by atoms with van der Waals surface area (Å²) in [6, 6.07) is 18.4. The third-order valence-corrected chi connectivity index (χ3v) is 5.11. The van der Waals surface area contributed by atoms with Gasteiger partial charge >= 0.3 is 0 Å². The summed E-state index contributed by atoms with van der Waals surface area (Å²) in [6.45, 7) is 2.33. The zero-order chi connectivity index (χ0) is 20.4. The average molecular weight is 387 g/mol. The molecule has 4 rings (SSSR count). The van der Waals surface area contributed by atoms with Crippen LogP contribution in [0.15, 0.2) is 77.4 Å². The van der Waals surface area contributed by atoms with Crippen LogP contribution in [0.3, 0.4) is 0 Å². The van der Waals surface area contributed by atoms with Crippen molar-refractivity contribution >= 4 is 23.5 Å². The molecule has 5 heteroatoms. The molecular weight excluding hydrogens is 366 g/mol. The number of furan rings is 1. The third-order valence-electron chi connectivity index (χ3n) is 5.11. The minimum absolute atomic E-state index is 0.328. The summed E-state index contributed by atoms with van der Waals surface area (Å²) in [4.78, 5) is 27.2. The lowest BCUT2D eigenvalue weighted by atomic mass is 9.90. The minimum Gasteiger partial charge on any atom is -0.465 e. The van der Waals surface area contributed by atoms with Crippen LogP contribution in [0, 0.1) is 6.92 Å². The Balaban J connectivity index is 1.60. The van der Waals surface area contributed by atoms with Crippen LogP contribution in [0.4, 0.5) is 5.69 Å². The molecule has 1 aliphatic heterocycles. The minimum atomic E-state index is -1.88. The Hall–Kier alpha value is -3.44. The molecule has 29 heavy (non-hydrogen) atoms. The molecule has 3 aromatic rings. The number of ketones is 1. The fourth-order valence-corrected chi connectivity index (χ4v) is 3.58. The highest BCUT2D eigenvalue weighted by molar-refractivity contribution is 6.10. The van der Waals surface area contributed by atoms with Crippen molar-refractivity contribution in [1.29, 1.82) is 0 Å². The Morgan fingerprint density at radius 3 is 2.59 bits per heavy atom. The van der Waals surface area contributed by atoms with E-state index in [1.165, 1.54) is 18.4 Å². The second-order valence-electron chi connectivity index (χ2n) is 7.25. The van der Waals surface area contributed by atoms with Crippen molar-refractivity contribution in [3.8, 4) is 0 Å². The van der Waals surface area contributed by atoms with E-state index in [0.29, 0.717) is 23.6 Å². The molecule has 0 radical (unpaired) electrons. The summed E-state index contributed by atoms with van der Waals surface area (Å²) in [7, 11) is 0. The molecule has 5 nitrogen and oxygen atoms in total. The first-order valence-electron chi connectivity index (χ1n) is 9.41. The largest absolute Gasteiger partial charge is 0.465 e. The first-order valence-corrected chi connectivity index (χ1v) is 9.41. The Bertz CT molecular complexity index is 1070. The van der Waals surface area contributed by atoms with Gasteiger partial charge in [-0.3, -0.25) is 9.59 Å². The third kappa shape index (κ3) is 3.65. The highest BCUT2D eigenvalue weighted by atomic mass is 16.3. The van der Waals surface area contributed by atoms with E-state index >= 15 is 0 Å². The number of carbonyl (C=O) groups is 2. The molecule has 1 atom stereocenters. The number of anilines is 1. The summed E-state index contributed by atoms with van der Waals surface area (Å²) in [5.41, 5.74) is 1.28. The SMILES string of the molecule is Cc1ccc(CN2C(=O)[C@](O)(CC(=O)/C=C/c3ccco3)c3ccccc32)cc1. The van der Waals surface area contributed by atoms with Crippen molar-refractivity contribution in [2.45, 2.75) is 25.5 Å². The van der Waals surface area contributed by atoms with E-state index in [9.17, 15) is 14.7 Å². The molecule has 1 aliphatic rings. The number of nitrogens with zero attached hydrogens (tertiary/aromatic N) is 1. The summed E-state index contributed by atoms with van der Waals surface area (Å²) in [5.74, 6) is -0.312. The van der Waals surface area contributed by atoms with Crippen molar-refractivity contribution in [2.75, 3.05) is 4.90 Å². The zero-order valence-electron chi connectivity index (χ0n) is 16.0. The number of para-hydroxylation sites is 1. The summed E-state index contributed by atoms with van der Waals surface area (Å²) in [5, 5.41) is 11.3. The predicted octanol–water partition coefficient (Wildman–Crippen LogP) is 4.00. The monoisotopic (exact) mass is 387 g/mol. The lowest BCUT2D eigenvalue weighted by molar-refractivity contribution is -0.140. The van der Waals surface area contributed by atoms with Gasteiger partial charge in [0.2, 0.25) is 0 Å². The quantitative estimate of drug-likeness (QED) is 0.649. The number of aryl methyl sites for hydroxylation is 1. The van der Waals surface area contributed by atoms with Gasteiger partial charge in [-0.2, -0.15) is 0 Å². The predicted molar refractivity (Wildman–Crippen MR) is 110 cm³/mol. The molecule has 0 spiro atoms. The standard InChI is InChI=1S/C24H21NO4/c1-17-8-10-18(11-9-17)16-25-22-7-3-2-6-21(22)24(28,23(25)27)15-19(26)12-13-20-5-4-14-29-20/h2-14,28H,15-16H2,1H3/b13-12+/t24-/m0/s1. The highest BCUT2D eigenvalue weighted by Gasteiger charge is 2.50. The Labute approximate surface area is 168 Å². The number of amides is 1. The normalized spacial score (nSPS) is 18.4. The molecule has 1 aromatic heterocycles. The topological polar surface area (TPSA) is 70.8 Å². The number of benzene rings is 2. The van der Waals surface area contributed by atoms with E-state index in [-0.39, 0.29) is 12.2 Å². The van der Waals surface area contributed by atoms with E-state index < -0.39 is 11.5 Å². The van der Waals surface area contributed by atoms with E-state index in [1.54, 1.807) is 35.2 Å². The first-order chi connectivity index (χ1) is 14.0. The Morgan fingerprint density at radius 1 is 1.10 bits per heavy atom. The van der Waals surface area contributed by atoms with E-state index in [0.717, 1.165) is 11.1 Å². The fraction of sp³-hybridized carbons (Fsp3) is 0.167. The number of allylic oxidation sites excluding steroid dienone is 1. The van der Waals surface area contributed by atoms with E-state index in [2.05, 4.69) is 0 Å². The summed E-state index contributed by atoms with van der Waals surface area (Å²) >= 11 is 0. The van der Waals surface area contributed by atoms with Gasteiger partial charge in [-0.25, -0.2) is 0 Å². The second-order valence-corrected chi connectivity index (χ2v) is 7.25. The molecule has 0 aliphatic carbocycles. The molecule has 0 fully saturated rings. The molecule has 2 aromatic carbocycles. The molecule has 146 valence electrons. The van der Waals surface area contributed by atoms with Crippen LogP contribution < -0.4 is 4.90 Å². The van der Waals surface area contributed by atoms with Crippen LogP contribution in [-0.4, -0.2) is 16.8 Å². The van der Waals surface area contributed by atoms with Crippen LogP contribution in [0.2, 0.25) is 0 Å². The van der Waals surface area contributed by atoms with Crippen molar-refractivity contribution < 1.29 is 19.1 Å². The molecule has 2 heterocycles. The van der Waals surface area contributed by atoms with Gasteiger partial charge in [0.15, 0.2) is 11.4 Å². The van der Waals surface area contributed by atoms with Gasteiger partial charge < -0.3 is 14.4 Å². The van der Waals surface area contributed by atoms with E-state index in [1.807, 2.05) is 37.3 Å². The molecule has 0 unspecified atom stereocenters. The lowest BCUT2D eigenvalue weighted by Gasteiger charge is -2.22. The van der Waals surface area contributed by atoms with Gasteiger partial charge in [-0.1, -0.05) is 48.0 Å². The van der Waals surface area contributed by atoms with Gasteiger partial charge in [0.05, 0.1) is 24.9 Å². The van der Waals surface area contributed by atoms with Crippen LogP contribution >= 0.6 is 0 Å². The van der Waals surface area contributed by atoms with Crippen molar-refractivity contribution in [2.24, 2.45) is 0 Å². The van der Waals surface area contributed by atoms with Crippen molar-refractivity contribution in [3.05, 3.63) is 95.5 Å². The lowest BCUT2D eigenvalue weighted by Crippen LogP contribution is -2.41. The maximum atomic E-state index is 13.2. The zero-order valence-corrected chi connectivity index (χ0v) is 16.0. The van der Waals surface area contributed by atoms with Crippen LogP contribution in [0.5, 0.6) is 0 Å². The van der Waals surface area contributed by atoms with Gasteiger partial charge in [-0.05, 0) is 42.8 Å².